The van der Waals surface area contributed by atoms with Gasteiger partial charge in [-0.25, -0.2) is 10.4 Å². The molecule has 0 unspecified atom stereocenters. The summed E-state index contributed by atoms with van der Waals surface area (Å²) in [5.41, 5.74) is 7.12. The van der Waals surface area contributed by atoms with E-state index in [1.54, 1.807) is 12.1 Å². The summed E-state index contributed by atoms with van der Waals surface area (Å²) in [6.07, 6.45) is 1.45. The molecule has 4 aromatic rings. The van der Waals surface area contributed by atoms with Crippen molar-refractivity contribution in [3.63, 3.8) is 0 Å². The van der Waals surface area contributed by atoms with E-state index >= 15 is 0 Å². The fraction of sp³-hybridized carbons (Fsp3) is 0.222. The second kappa shape index (κ2) is 11.6. The average Bonchev–Trinajstić information content (AvgIpc) is 3.22. The van der Waals surface area contributed by atoms with Crippen LogP contribution in [0, 0.1) is 0 Å². The van der Waals surface area contributed by atoms with Gasteiger partial charge in [-0.15, -0.1) is 0 Å². The third kappa shape index (κ3) is 6.02. The topological polar surface area (TPSA) is 82.8 Å². The fourth-order valence-electron chi connectivity index (χ4n) is 3.85. The van der Waals surface area contributed by atoms with Crippen molar-refractivity contribution < 1.29 is 9.90 Å². The van der Waals surface area contributed by atoms with Gasteiger partial charge >= 0.3 is 0 Å². The minimum Gasteiger partial charge on any atom is -0.507 e. The number of hydrogen-bond donors (Lipinski definition) is 2. The van der Waals surface area contributed by atoms with Crippen LogP contribution in [0.5, 0.6) is 5.75 Å². The molecule has 0 spiro atoms. The molecule has 0 atom stereocenters. The summed E-state index contributed by atoms with van der Waals surface area (Å²) in [6, 6.07) is 23.6. The number of nitrogens with zero attached hydrogens (tertiary/aromatic N) is 4. The van der Waals surface area contributed by atoms with Gasteiger partial charge in [0.25, 0.3) is 5.91 Å². The number of hydrazone groups is 1. The molecule has 0 aliphatic rings. The number of carbonyl (C=O) groups excluding carboxylic acids is 1. The molecule has 0 aliphatic carbocycles. The number of fused-ring (bicyclic) bond motifs is 1. The van der Waals surface area contributed by atoms with E-state index in [9.17, 15) is 9.90 Å². The summed E-state index contributed by atoms with van der Waals surface area (Å²) in [4.78, 5) is 19.3. The average molecular weight is 488 g/mol. The van der Waals surface area contributed by atoms with Crippen molar-refractivity contribution >= 4 is 40.6 Å². The van der Waals surface area contributed by atoms with Crippen molar-refractivity contribution in [3.05, 3.63) is 83.9 Å². The van der Waals surface area contributed by atoms with Gasteiger partial charge in [-0.2, -0.15) is 5.10 Å². The standard InChI is InChI=1S/C27H29N5O2S/c1-3-31(4-2)22-15-14-21(25(33)16-22)17-28-30-26(34)19-35-27-29-23-12-8-9-13-24(23)32(27)18-20-10-6-5-7-11-20/h5-17,33H,3-4,18-19H2,1-2H3,(H,30,34). The summed E-state index contributed by atoms with van der Waals surface area (Å²) in [7, 11) is 0. The second-order valence-corrected chi connectivity index (χ2v) is 8.89. The molecule has 4 rings (SSSR count). The number of anilines is 1. The quantitative estimate of drug-likeness (QED) is 0.189. The predicted octanol–water partition coefficient (Wildman–Crippen LogP) is 4.88. The van der Waals surface area contributed by atoms with Gasteiger partial charge in [0, 0.05) is 30.4 Å². The normalized spacial score (nSPS) is 11.3. The molecule has 0 radical (unpaired) electrons. The highest BCUT2D eigenvalue weighted by molar-refractivity contribution is 7.99. The second-order valence-electron chi connectivity index (χ2n) is 7.95. The van der Waals surface area contributed by atoms with Crippen molar-refractivity contribution in [2.75, 3.05) is 23.7 Å². The Balaban J connectivity index is 1.40. The minimum absolute atomic E-state index is 0.122. The number of rotatable bonds is 10. The first-order valence-corrected chi connectivity index (χ1v) is 12.6. The van der Waals surface area contributed by atoms with Gasteiger partial charge in [-0.3, -0.25) is 4.79 Å². The number of phenols is 1. The number of carbonyl (C=O) groups is 1. The lowest BCUT2D eigenvalue weighted by atomic mass is 10.2. The molecule has 0 aliphatic heterocycles. The molecule has 1 aromatic heterocycles. The van der Waals surface area contributed by atoms with Crippen LogP contribution in [-0.2, 0) is 11.3 Å². The van der Waals surface area contributed by atoms with E-state index in [2.05, 4.69) is 46.0 Å². The zero-order chi connectivity index (χ0) is 24.6. The number of imidazole rings is 1. The third-order valence-electron chi connectivity index (χ3n) is 5.67. The van der Waals surface area contributed by atoms with E-state index < -0.39 is 0 Å². The van der Waals surface area contributed by atoms with Gasteiger partial charge < -0.3 is 14.6 Å². The van der Waals surface area contributed by atoms with Crippen LogP contribution in [0.2, 0.25) is 0 Å². The molecule has 0 saturated heterocycles. The molecule has 35 heavy (non-hydrogen) atoms. The van der Waals surface area contributed by atoms with Gasteiger partial charge in [0.1, 0.15) is 5.75 Å². The number of nitrogens with one attached hydrogen (secondary N) is 1. The highest BCUT2D eigenvalue weighted by Gasteiger charge is 2.13. The molecule has 8 heteroatoms. The van der Waals surface area contributed by atoms with E-state index in [0.29, 0.717) is 12.1 Å². The maximum atomic E-state index is 12.4. The van der Waals surface area contributed by atoms with Crippen molar-refractivity contribution in [1.29, 1.82) is 0 Å². The van der Waals surface area contributed by atoms with Crippen LogP contribution >= 0.6 is 11.8 Å². The van der Waals surface area contributed by atoms with Crippen LogP contribution in [0.4, 0.5) is 5.69 Å². The molecular weight excluding hydrogens is 458 g/mol. The van der Waals surface area contributed by atoms with E-state index in [1.807, 2.05) is 48.5 Å². The SMILES string of the molecule is CCN(CC)c1ccc(C=NNC(=O)CSc2nc3ccccc3n2Cc2ccccc2)c(O)c1. The Morgan fingerprint density at radius 2 is 1.83 bits per heavy atom. The van der Waals surface area contributed by atoms with Crippen LogP contribution in [0.15, 0.2) is 83.1 Å². The summed E-state index contributed by atoms with van der Waals surface area (Å²) in [6.45, 7) is 6.53. The Hall–Kier alpha value is -3.78. The first kappa shape index (κ1) is 24.3. The molecule has 0 saturated carbocycles. The van der Waals surface area contributed by atoms with Crippen molar-refractivity contribution in [3.8, 4) is 5.75 Å². The fourth-order valence-corrected chi connectivity index (χ4v) is 4.65. The number of amides is 1. The lowest BCUT2D eigenvalue weighted by molar-refractivity contribution is -0.118. The molecule has 0 bridgehead atoms. The zero-order valence-corrected chi connectivity index (χ0v) is 20.7. The molecular formula is C27H29N5O2S. The molecule has 3 aromatic carbocycles. The monoisotopic (exact) mass is 487 g/mol. The first-order valence-electron chi connectivity index (χ1n) is 11.6. The van der Waals surface area contributed by atoms with Crippen molar-refractivity contribution in [2.24, 2.45) is 5.10 Å². The van der Waals surface area contributed by atoms with Gasteiger partial charge in [0.2, 0.25) is 0 Å². The maximum absolute atomic E-state index is 12.4. The Labute approximate surface area is 209 Å². The smallest absolute Gasteiger partial charge is 0.250 e. The predicted molar refractivity (Wildman–Crippen MR) is 143 cm³/mol. The van der Waals surface area contributed by atoms with Crippen LogP contribution in [0.25, 0.3) is 11.0 Å². The number of benzene rings is 3. The van der Waals surface area contributed by atoms with Gasteiger partial charge in [0.15, 0.2) is 5.16 Å². The molecule has 7 nitrogen and oxygen atoms in total. The summed E-state index contributed by atoms with van der Waals surface area (Å²) < 4.78 is 2.13. The number of para-hydroxylation sites is 2. The number of thioether (sulfide) groups is 1. The lowest BCUT2D eigenvalue weighted by Gasteiger charge is -2.21. The highest BCUT2D eigenvalue weighted by Crippen LogP contribution is 2.26. The summed E-state index contributed by atoms with van der Waals surface area (Å²) in [5.74, 6) is 0.0442. The number of phenolic OH excluding ortho intramolecular Hbond substituents is 1. The Kier molecular flexibility index (Phi) is 8.05. The molecule has 2 N–H and O–H groups in total. The minimum atomic E-state index is -0.246. The van der Waals surface area contributed by atoms with Gasteiger partial charge in [-0.1, -0.05) is 54.2 Å². The van der Waals surface area contributed by atoms with E-state index in [0.717, 1.165) is 35.0 Å². The van der Waals surface area contributed by atoms with E-state index in [1.165, 1.54) is 23.5 Å². The number of aromatic hydroxyl groups is 1. The zero-order valence-electron chi connectivity index (χ0n) is 19.9. The van der Waals surface area contributed by atoms with Crippen molar-refractivity contribution in [2.45, 2.75) is 25.5 Å². The first-order chi connectivity index (χ1) is 17.1. The molecule has 1 amide bonds. The van der Waals surface area contributed by atoms with Crippen LogP contribution in [-0.4, -0.2) is 45.6 Å². The van der Waals surface area contributed by atoms with Crippen LogP contribution < -0.4 is 10.3 Å². The Morgan fingerprint density at radius 3 is 2.57 bits per heavy atom. The Morgan fingerprint density at radius 1 is 1.09 bits per heavy atom. The van der Waals surface area contributed by atoms with E-state index in [-0.39, 0.29) is 17.4 Å². The molecule has 1 heterocycles. The Bertz CT molecular complexity index is 1320. The van der Waals surface area contributed by atoms with Gasteiger partial charge in [0.05, 0.1) is 29.5 Å². The maximum Gasteiger partial charge on any atom is 0.250 e. The lowest BCUT2D eigenvalue weighted by Crippen LogP contribution is -2.21. The van der Waals surface area contributed by atoms with E-state index in [4.69, 9.17) is 4.98 Å². The summed E-state index contributed by atoms with van der Waals surface area (Å²) >= 11 is 1.37. The highest BCUT2D eigenvalue weighted by atomic mass is 32.2. The molecule has 0 fully saturated rings. The third-order valence-corrected chi connectivity index (χ3v) is 6.65. The number of hydrogen-bond acceptors (Lipinski definition) is 6. The van der Waals surface area contributed by atoms with Crippen LogP contribution in [0.1, 0.15) is 25.0 Å². The summed E-state index contributed by atoms with van der Waals surface area (Å²) in [5, 5.41) is 15.1. The van der Waals surface area contributed by atoms with Crippen molar-refractivity contribution in [1.82, 2.24) is 15.0 Å². The largest absolute Gasteiger partial charge is 0.507 e. The van der Waals surface area contributed by atoms with Gasteiger partial charge in [-0.05, 0) is 43.7 Å². The number of aromatic nitrogens is 2. The van der Waals surface area contributed by atoms with Crippen LogP contribution in [0.3, 0.4) is 0 Å². The molecule has 180 valence electrons.